The van der Waals surface area contributed by atoms with E-state index in [0.717, 1.165) is 24.3 Å². The van der Waals surface area contributed by atoms with E-state index in [1.165, 1.54) is 25.1 Å². The van der Waals surface area contributed by atoms with E-state index >= 15 is 0 Å². The summed E-state index contributed by atoms with van der Waals surface area (Å²) >= 11 is 5.57. The van der Waals surface area contributed by atoms with Gasteiger partial charge >= 0.3 is 6.18 Å². The number of hydrogen-bond acceptors (Lipinski definition) is 2. The second-order valence-electron chi connectivity index (χ2n) is 4.89. The molecule has 0 saturated heterocycles. The van der Waals surface area contributed by atoms with Gasteiger partial charge in [-0.15, -0.1) is 0 Å². The standard InChI is InChI=1S/C16H12ClF4NO2/c1-9(24-12-5-3-11(18)4-6-12)15(23)22-14-7-2-10(17)8-13(14)16(19,20)21/h2-9H,1H3,(H,22,23)/t9-/m0/s1. The summed E-state index contributed by atoms with van der Waals surface area (Å²) in [5, 5.41) is 2.06. The summed E-state index contributed by atoms with van der Waals surface area (Å²) in [6, 6.07) is 7.92. The maximum atomic E-state index is 13.0. The summed E-state index contributed by atoms with van der Waals surface area (Å²) in [7, 11) is 0. The van der Waals surface area contributed by atoms with Crippen molar-refractivity contribution >= 4 is 23.2 Å². The molecule has 8 heteroatoms. The van der Waals surface area contributed by atoms with Gasteiger partial charge in [0.2, 0.25) is 0 Å². The predicted octanol–water partition coefficient (Wildman–Crippen LogP) is 4.90. The molecule has 0 heterocycles. The predicted molar refractivity (Wildman–Crippen MR) is 81.6 cm³/mol. The molecule has 0 aliphatic heterocycles. The van der Waals surface area contributed by atoms with Crippen LogP contribution in [-0.2, 0) is 11.0 Å². The van der Waals surface area contributed by atoms with Crippen LogP contribution in [0.25, 0.3) is 0 Å². The van der Waals surface area contributed by atoms with E-state index in [1.807, 2.05) is 0 Å². The highest BCUT2D eigenvalue weighted by Gasteiger charge is 2.34. The molecule has 24 heavy (non-hydrogen) atoms. The monoisotopic (exact) mass is 361 g/mol. The molecule has 2 rings (SSSR count). The summed E-state index contributed by atoms with van der Waals surface area (Å²) in [4.78, 5) is 12.0. The number of benzene rings is 2. The van der Waals surface area contributed by atoms with E-state index in [9.17, 15) is 22.4 Å². The number of rotatable bonds is 4. The van der Waals surface area contributed by atoms with Crippen molar-refractivity contribution in [3.8, 4) is 5.75 Å². The zero-order chi connectivity index (χ0) is 17.9. The third-order valence-electron chi connectivity index (χ3n) is 3.04. The largest absolute Gasteiger partial charge is 0.481 e. The Balaban J connectivity index is 2.13. The molecule has 1 atom stereocenters. The first kappa shape index (κ1) is 18.1. The van der Waals surface area contributed by atoms with Crippen molar-refractivity contribution in [3.05, 3.63) is 58.9 Å². The van der Waals surface area contributed by atoms with Gasteiger partial charge in [-0.1, -0.05) is 11.6 Å². The second-order valence-corrected chi connectivity index (χ2v) is 5.33. The van der Waals surface area contributed by atoms with Crippen LogP contribution in [-0.4, -0.2) is 12.0 Å². The average Bonchev–Trinajstić information content (AvgIpc) is 2.50. The van der Waals surface area contributed by atoms with Crippen molar-refractivity contribution in [3.63, 3.8) is 0 Å². The quantitative estimate of drug-likeness (QED) is 0.786. The van der Waals surface area contributed by atoms with E-state index < -0.39 is 35.3 Å². The lowest BCUT2D eigenvalue weighted by Gasteiger charge is -2.17. The molecule has 0 unspecified atom stereocenters. The molecule has 0 aliphatic rings. The first-order valence-corrected chi connectivity index (χ1v) is 7.14. The molecule has 2 aromatic carbocycles. The number of halogens is 5. The van der Waals surface area contributed by atoms with E-state index in [1.54, 1.807) is 0 Å². The van der Waals surface area contributed by atoms with Crippen LogP contribution in [0.2, 0.25) is 5.02 Å². The number of nitrogens with one attached hydrogen (secondary N) is 1. The van der Waals surface area contributed by atoms with Gasteiger partial charge in [0, 0.05) is 5.02 Å². The van der Waals surface area contributed by atoms with Gasteiger partial charge in [-0.2, -0.15) is 13.2 Å². The topological polar surface area (TPSA) is 38.3 Å². The van der Waals surface area contributed by atoms with Crippen LogP contribution < -0.4 is 10.1 Å². The highest BCUT2D eigenvalue weighted by Crippen LogP contribution is 2.36. The number of carbonyl (C=O) groups is 1. The Morgan fingerprint density at radius 3 is 2.38 bits per heavy atom. The van der Waals surface area contributed by atoms with Crippen molar-refractivity contribution in [1.82, 2.24) is 0 Å². The van der Waals surface area contributed by atoms with Gasteiger partial charge in [0.1, 0.15) is 11.6 Å². The summed E-state index contributed by atoms with van der Waals surface area (Å²) in [6.07, 6.45) is -5.76. The lowest BCUT2D eigenvalue weighted by molar-refractivity contribution is -0.137. The summed E-state index contributed by atoms with van der Waals surface area (Å²) in [5.74, 6) is -1.05. The molecule has 128 valence electrons. The van der Waals surface area contributed by atoms with Crippen LogP contribution >= 0.6 is 11.6 Å². The van der Waals surface area contributed by atoms with Crippen LogP contribution in [0.1, 0.15) is 12.5 Å². The fourth-order valence-corrected chi connectivity index (χ4v) is 2.04. The average molecular weight is 362 g/mol. The first-order chi connectivity index (χ1) is 11.2. The molecular weight excluding hydrogens is 350 g/mol. The van der Waals surface area contributed by atoms with Gasteiger partial charge in [-0.25, -0.2) is 4.39 Å². The number of ether oxygens (including phenoxy) is 1. The van der Waals surface area contributed by atoms with Crippen molar-refractivity contribution in [1.29, 1.82) is 0 Å². The second kappa shape index (κ2) is 7.09. The Morgan fingerprint density at radius 1 is 1.17 bits per heavy atom. The maximum absolute atomic E-state index is 13.0. The van der Waals surface area contributed by atoms with E-state index in [0.29, 0.717) is 0 Å². The molecule has 0 bridgehead atoms. The van der Waals surface area contributed by atoms with Gasteiger partial charge in [0.05, 0.1) is 11.3 Å². The van der Waals surface area contributed by atoms with E-state index in [2.05, 4.69) is 5.32 Å². The molecule has 0 aromatic heterocycles. The van der Waals surface area contributed by atoms with Crippen LogP contribution in [0.5, 0.6) is 5.75 Å². The lowest BCUT2D eigenvalue weighted by Crippen LogP contribution is -2.31. The van der Waals surface area contributed by atoms with Crippen LogP contribution in [0, 0.1) is 5.82 Å². The molecule has 0 radical (unpaired) electrons. The minimum absolute atomic E-state index is 0.101. The van der Waals surface area contributed by atoms with Crippen molar-refractivity contribution < 1.29 is 27.1 Å². The smallest absolute Gasteiger partial charge is 0.418 e. The van der Waals surface area contributed by atoms with E-state index in [4.69, 9.17) is 16.3 Å². The number of carbonyl (C=O) groups excluding carboxylic acids is 1. The molecule has 1 amide bonds. The highest BCUT2D eigenvalue weighted by molar-refractivity contribution is 6.30. The highest BCUT2D eigenvalue weighted by atomic mass is 35.5. The Morgan fingerprint density at radius 2 is 1.79 bits per heavy atom. The molecule has 0 saturated carbocycles. The number of hydrogen-bond donors (Lipinski definition) is 1. The zero-order valence-electron chi connectivity index (χ0n) is 12.3. The van der Waals surface area contributed by atoms with Gasteiger partial charge in [-0.05, 0) is 49.4 Å². The number of alkyl halides is 3. The summed E-state index contributed by atoms with van der Waals surface area (Å²) in [6.45, 7) is 1.36. The van der Waals surface area contributed by atoms with E-state index in [-0.39, 0.29) is 10.8 Å². The Bertz CT molecular complexity index is 732. The molecule has 0 aliphatic carbocycles. The Labute approximate surface area is 140 Å². The molecular formula is C16H12ClF4NO2. The van der Waals surface area contributed by atoms with Crippen LogP contribution in [0.3, 0.4) is 0 Å². The van der Waals surface area contributed by atoms with Crippen molar-refractivity contribution in [2.45, 2.75) is 19.2 Å². The van der Waals surface area contributed by atoms with Crippen molar-refractivity contribution in [2.24, 2.45) is 0 Å². The number of amides is 1. The van der Waals surface area contributed by atoms with Crippen LogP contribution in [0.15, 0.2) is 42.5 Å². The maximum Gasteiger partial charge on any atom is 0.418 e. The zero-order valence-corrected chi connectivity index (χ0v) is 13.1. The molecule has 0 spiro atoms. The summed E-state index contributed by atoms with van der Waals surface area (Å²) in [5.41, 5.74) is -1.48. The van der Waals surface area contributed by atoms with Crippen molar-refractivity contribution in [2.75, 3.05) is 5.32 Å². The fraction of sp³-hybridized carbons (Fsp3) is 0.188. The normalized spacial score (nSPS) is 12.6. The molecule has 2 aromatic rings. The molecule has 1 N–H and O–H groups in total. The minimum Gasteiger partial charge on any atom is -0.481 e. The molecule has 3 nitrogen and oxygen atoms in total. The minimum atomic E-state index is -4.67. The Hall–Kier alpha value is -2.28. The summed E-state index contributed by atoms with van der Waals surface area (Å²) < 4.78 is 57.0. The van der Waals surface area contributed by atoms with Gasteiger partial charge in [0.25, 0.3) is 5.91 Å². The number of anilines is 1. The Kier molecular flexibility index (Phi) is 5.33. The van der Waals surface area contributed by atoms with Gasteiger partial charge < -0.3 is 10.1 Å². The SMILES string of the molecule is C[C@H](Oc1ccc(F)cc1)C(=O)Nc1ccc(Cl)cc1C(F)(F)F. The molecule has 0 fully saturated rings. The third-order valence-corrected chi connectivity index (χ3v) is 3.28. The van der Waals surface area contributed by atoms with Gasteiger partial charge in [-0.3, -0.25) is 4.79 Å². The fourth-order valence-electron chi connectivity index (χ4n) is 1.87. The third kappa shape index (κ3) is 4.61. The van der Waals surface area contributed by atoms with Crippen LogP contribution in [0.4, 0.5) is 23.2 Å². The first-order valence-electron chi connectivity index (χ1n) is 6.76. The van der Waals surface area contributed by atoms with Gasteiger partial charge in [0.15, 0.2) is 6.10 Å². The lowest BCUT2D eigenvalue weighted by atomic mass is 10.1.